The van der Waals surface area contributed by atoms with Crippen LogP contribution in [0.4, 0.5) is 0 Å². The van der Waals surface area contributed by atoms with Gasteiger partial charge >= 0.3 is 0 Å². The number of amides is 2. The minimum Gasteiger partial charge on any atom is -0.354 e. The Kier molecular flexibility index (Phi) is 6.44. The summed E-state index contributed by atoms with van der Waals surface area (Å²) in [5.74, 6) is -0.532. The molecule has 0 bridgehead atoms. The van der Waals surface area contributed by atoms with Gasteiger partial charge in [-0.05, 0) is 38.5 Å². The first-order valence-corrected chi connectivity index (χ1v) is 9.80. The number of nitrogens with zero attached hydrogens (tertiary/aromatic N) is 2. The van der Waals surface area contributed by atoms with Crippen LogP contribution in [0, 0.1) is 6.92 Å². The molecular weight excluding hydrogens is 364 g/mol. The highest BCUT2D eigenvalue weighted by Gasteiger charge is 2.22. The molecule has 2 N–H and O–H groups in total. The van der Waals surface area contributed by atoms with E-state index < -0.39 is 6.04 Å². The average Bonchev–Trinajstić information content (AvgIpc) is 3.18. The molecule has 0 saturated heterocycles. The van der Waals surface area contributed by atoms with Gasteiger partial charge in [0, 0.05) is 18.3 Å². The molecule has 1 aromatic heterocycles. The molecule has 0 aliphatic rings. The first-order chi connectivity index (χ1) is 14.0. The summed E-state index contributed by atoms with van der Waals surface area (Å²) in [6, 6.07) is 16.8. The molecule has 0 unspecified atom stereocenters. The van der Waals surface area contributed by atoms with E-state index in [9.17, 15) is 9.59 Å². The summed E-state index contributed by atoms with van der Waals surface area (Å²) < 4.78 is 1.69. The zero-order valence-electron chi connectivity index (χ0n) is 17.0. The molecule has 0 radical (unpaired) electrons. The molecule has 3 rings (SSSR count). The predicted octanol–water partition coefficient (Wildman–Crippen LogP) is 3.49. The molecule has 150 valence electrons. The van der Waals surface area contributed by atoms with Crippen molar-refractivity contribution in [2.24, 2.45) is 0 Å². The third-order valence-electron chi connectivity index (χ3n) is 4.56. The smallest absolute Gasteiger partial charge is 0.255 e. The van der Waals surface area contributed by atoms with Crippen molar-refractivity contribution >= 4 is 11.8 Å². The lowest BCUT2D eigenvalue weighted by atomic mass is 10.1. The van der Waals surface area contributed by atoms with Gasteiger partial charge in [0.15, 0.2) is 0 Å². The monoisotopic (exact) mass is 390 g/mol. The Morgan fingerprint density at radius 3 is 2.55 bits per heavy atom. The van der Waals surface area contributed by atoms with E-state index >= 15 is 0 Å². The van der Waals surface area contributed by atoms with E-state index in [2.05, 4.69) is 15.7 Å². The number of carbonyl (C=O) groups is 2. The van der Waals surface area contributed by atoms with E-state index in [1.54, 1.807) is 17.8 Å². The van der Waals surface area contributed by atoms with Gasteiger partial charge < -0.3 is 10.6 Å². The van der Waals surface area contributed by atoms with Crippen LogP contribution in [0.3, 0.4) is 0 Å². The highest BCUT2D eigenvalue weighted by Crippen LogP contribution is 2.24. The van der Waals surface area contributed by atoms with Crippen molar-refractivity contribution in [3.05, 3.63) is 71.9 Å². The van der Waals surface area contributed by atoms with Gasteiger partial charge in [-0.25, -0.2) is 4.68 Å². The lowest BCUT2D eigenvalue weighted by molar-refractivity contribution is -0.122. The molecule has 6 nitrogen and oxygen atoms in total. The van der Waals surface area contributed by atoms with Crippen LogP contribution in [0.15, 0.2) is 60.8 Å². The van der Waals surface area contributed by atoms with Gasteiger partial charge in [0.1, 0.15) is 11.7 Å². The van der Waals surface area contributed by atoms with Crippen LogP contribution in [-0.2, 0) is 4.79 Å². The Labute approximate surface area is 170 Å². The van der Waals surface area contributed by atoms with Crippen LogP contribution in [0.25, 0.3) is 16.9 Å². The van der Waals surface area contributed by atoms with Crippen molar-refractivity contribution in [1.82, 2.24) is 20.4 Å². The van der Waals surface area contributed by atoms with Gasteiger partial charge in [0.25, 0.3) is 5.91 Å². The van der Waals surface area contributed by atoms with Gasteiger partial charge in [-0.1, -0.05) is 48.9 Å². The van der Waals surface area contributed by atoms with Crippen molar-refractivity contribution in [2.75, 3.05) is 6.54 Å². The van der Waals surface area contributed by atoms with Gasteiger partial charge in [-0.15, -0.1) is 0 Å². The standard InChI is InChI=1S/C23H26N4O2/c1-4-13-24-22(28)17(3)25-23(29)20-15-27(19-11-6-5-7-12-19)26-21(20)18-10-8-9-16(2)14-18/h5-12,14-15,17H,4,13H2,1-3H3,(H,24,28)(H,25,29)/t17-/m1/s1. The van der Waals surface area contributed by atoms with Crippen molar-refractivity contribution in [3.63, 3.8) is 0 Å². The Morgan fingerprint density at radius 1 is 1.10 bits per heavy atom. The Bertz CT molecular complexity index is 995. The largest absolute Gasteiger partial charge is 0.354 e. The van der Waals surface area contributed by atoms with Gasteiger partial charge in [0.05, 0.1) is 11.3 Å². The van der Waals surface area contributed by atoms with Gasteiger partial charge in [0.2, 0.25) is 5.91 Å². The van der Waals surface area contributed by atoms with E-state index in [1.165, 1.54) is 0 Å². The van der Waals surface area contributed by atoms with Crippen molar-refractivity contribution in [2.45, 2.75) is 33.2 Å². The molecule has 1 heterocycles. The third-order valence-corrected chi connectivity index (χ3v) is 4.56. The number of nitrogens with one attached hydrogen (secondary N) is 2. The first-order valence-electron chi connectivity index (χ1n) is 9.80. The molecule has 0 fully saturated rings. The van der Waals surface area contributed by atoms with E-state index in [4.69, 9.17) is 0 Å². The number of para-hydroxylation sites is 1. The van der Waals surface area contributed by atoms with Gasteiger partial charge in [-0.3, -0.25) is 9.59 Å². The van der Waals surface area contributed by atoms with Crippen molar-refractivity contribution in [3.8, 4) is 16.9 Å². The topological polar surface area (TPSA) is 76.0 Å². The fraction of sp³-hybridized carbons (Fsp3) is 0.261. The molecule has 2 amide bonds. The zero-order valence-corrected chi connectivity index (χ0v) is 17.0. The number of aromatic nitrogens is 2. The molecule has 2 aromatic carbocycles. The minimum absolute atomic E-state index is 0.201. The molecule has 0 aliphatic heterocycles. The number of hydrogen-bond acceptors (Lipinski definition) is 3. The summed E-state index contributed by atoms with van der Waals surface area (Å²) in [6.45, 7) is 6.24. The summed E-state index contributed by atoms with van der Waals surface area (Å²) in [6.07, 6.45) is 2.55. The Hall–Kier alpha value is -3.41. The Balaban J connectivity index is 1.94. The highest BCUT2D eigenvalue weighted by molar-refractivity contribution is 6.02. The number of hydrogen-bond donors (Lipinski definition) is 2. The molecule has 0 saturated carbocycles. The van der Waals surface area contributed by atoms with Crippen molar-refractivity contribution < 1.29 is 9.59 Å². The summed E-state index contributed by atoms with van der Waals surface area (Å²) in [7, 11) is 0. The summed E-state index contributed by atoms with van der Waals surface area (Å²) >= 11 is 0. The van der Waals surface area contributed by atoms with Crippen LogP contribution >= 0.6 is 0 Å². The molecule has 1 atom stereocenters. The fourth-order valence-corrected chi connectivity index (χ4v) is 3.00. The van der Waals surface area contributed by atoms with Crippen LogP contribution in [0.5, 0.6) is 0 Å². The maximum absolute atomic E-state index is 13.0. The second-order valence-corrected chi connectivity index (χ2v) is 7.03. The third kappa shape index (κ3) is 4.90. The summed E-state index contributed by atoms with van der Waals surface area (Å²) in [5, 5.41) is 10.3. The normalized spacial score (nSPS) is 11.7. The molecular formula is C23H26N4O2. The quantitative estimate of drug-likeness (QED) is 0.648. The molecule has 0 spiro atoms. The zero-order chi connectivity index (χ0) is 20.8. The molecule has 29 heavy (non-hydrogen) atoms. The summed E-state index contributed by atoms with van der Waals surface area (Å²) in [5.41, 5.74) is 3.79. The molecule has 3 aromatic rings. The SMILES string of the molecule is CCCNC(=O)[C@@H](C)NC(=O)c1cn(-c2ccccc2)nc1-c1cccc(C)c1. The lowest BCUT2D eigenvalue weighted by Gasteiger charge is -2.13. The van der Waals surface area contributed by atoms with Crippen LogP contribution in [0.1, 0.15) is 36.2 Å². The highest BCUT2D eigenvalue weighted by atomic mass is 16.2. The predicted molar refractivity (Wildman–Crippen MR) is 114 cm³/mol. The molecule has 0 aliphatic carbocycles. The number of carbonyl (C=O) groups excluding carboxylic acids is 2. The number of aryl methyl sites for hydroxylation is 1. The van der Waals surface area contributed by atoms with E-state index in [1.807, 2.05) is 68.4 Å². The lowest BCUT2D eigenvalue weighted by Crippen LogP contribution is -2.45. The number of rotatable bonds is 7. The summed E-state index contributed by atoms with van der Waals surface area (Å²) in [4.78, 5) is 25.2. The second kappa shape index (κ2) is 9.19. The maximum Gasteiger partial charge on any atom is 0.255 e. The first kappa shape index (κ1) is 20.3. The average molecular weight is 390 g/mol. The van der Waals surface area contributed by atoms with Gasteiger partial charge in [-0.2, -0.15) is 5.10 Å². The Morgan fingerprint density at radius 2 is 1.86 bits per heavy atom. The van der Waals surface area contributed by atoms with E-state index in [0.29, 0.717) is 17.8 Å². The van der Waals surface area contributed by atoms with Crippen molar-refractivity contribution in [1.29, 1.82) is 0 Å². The van der Waals surface area contributed by atoms with E-state index in [-0.39, 0.29) is 11.8 Å². The minimum atomic E-state index is -0.639. The fourth-order valence-electron chi connectivity index (χ4n) is 3.00. The molecule has 6 heteroatoms. The van der Waals surface area contributed by atoms with E-state index in [0.717, 1.165) is 23.2 Å². The maximum atomic E-state index is 13.0. The van der Waals surface area contributed by atoms with Crippen LogP contribution in [-0.4, -0.2) is 34.2 Å². The van der Waals surface area contributed by atoms with Crippen LogP contribution < -0.4 is 10.6 Å². The number of benzene rings is 2. The second-order valence-electron chi connectivity index (χ2n) is 7.03. The van der Waals surface area contributed by atoms with Crippen LogP contribution in [0.2, 0.25) is 0 Å².